The number of carboxylic acids is 1. The predicted molar refractivity (Wildman–Crippen MR) is 132 cm³/mol. The second kappa shape index (κ2) is 14.5. The first kappa shape index (κ1) is 32.2. The topological polar surface area (TPSA) is 183 Å². The van der Waals surface area contributed by atoms with Gasteiger partial charge in [0, 0.05) is 19.2 Å². The van der Waals surface area contributed by atoms with Gasteiger partial charge in [0.25, 0.3) is 10.1 Å². The quantitative estimate of drug-likeness (QED) is 0.159. The molecule has 0 spiro atoms. The van der Waals surface area contributed by atoms with E-state index in [0.717, 1.165) is 5.56 Å². The van der Waals surface area contributed by atoms with E-state index in [1.54, 1.807) is 32.9 Å². The zero-order valence-corrected chi connectivity index (χ0v) is 21.7. The van der Waals surface area contributed by atoms with Crippen molar-refractivity contribution in [3.05, 3.63) is 29.8 Å². The Balaban J connectivity index is 0.000000867. The van der Waals surface area contributed by atoms with Crippen LogP contribution in [0.1, 0.15) is 58.9 Å². The fourth-order valence-corrected chi connectivity index (χ4v) is 3.40. The zero-order valence-electron chi connectivity index (χ0n) is 20.9. The number of ketones is 1. The summed E-state index contributed by atoms with van der Waals surface area (Å²) in [6.07, 6.45) is 1.37. The van der Waals surface area contributed by atoms with Crippen molar-refractivity contribution >= 4 is 34.2 Å². The standard InChI is InChI=1S/C16H29N3O5.C7H8O3S/c1-12(20)11-16(13(21)22,7-5-6-9-18-10-8-17)19-14(23)24-15(2,3)4;1-6-2-4-7(5-3-6)11(8,9)10/h8,17-18H,5-7,9-11H2,1-4H3,(H,19,23)(H,21,22);2-5H,1H3,(H,8,9,10). The summed E-state index contributed by atoms with van der Waals surface area (Å²) in [5, 5.41) is 21.9. The third kappa shape index (κ3) is 14.2. The minimum Gasteiger partial charge on any atom is -0.479 e. The molecule has 11 nitrogen and oxygen atoms in total. The number of nitrogens with one attached hydrogen (secondary N) is 3. The summed E-state index contributed by atoms with van der Waals surface area (Å²) >= 11 is 0. The summed E-state index contributed by atoms with van der Waals surface area (Å²) in [6, 6.07) is 5.99. The Morgan fingerprint density at radius 3 is 2.11 bits per heavy atom. The number of alkyl carbamates (subject to hydrolysis) is 1. The van der Waals surface area contributed by atoms with E-state index in [1.165, 1.54) is 25.3 Å². The number of hydrogen-bond acceptors (Lipinski definition) is 8. The lowest BCUT2D eigenvalue weighted by molar-refractivity contribution is -0.147. The molecule has 1 unspecified atom stereocenters. The molecule has 0 aliphatic rings. The van der Waals surface area contributed by atoms with Crippen molar-refractivity contribution < 1.29 is 37.2 Å². The highest BCUT2D eigenvalue weighted by atomic mass is 32.2. The van der Waals surface area contributed by atoms with Crippen LogP contribution in [0, 0.1) is 12.3 Å². The lowest BCUT2D eigenvalue weighted by Crippen LogP contribution is -2.56. The Morgan fingerprint density at radius 2 is 1.69 bits per heavy atom. The highest BCUT2D eigenvalue weighted by Gasteiger charge is 2.41. The van der Waals surface area contributed by atoms with Crippen LogP contribution in [-0.4, -0.2) is 66.4 Å². The van der Waals surface area contributed by atoms with Crippen LogP contribution in [-0.2, 0) is 24.4 Å². The smallest absolute Gasteiger partial charge is 0.408 e. The average Bonchev–Trinajstić information content (AvgIpc) is 2.68. The molecule has 0 saturated heterocycles. The van der Waals surface area contributed by atoms with Gasteiger partial charge in [-0.3, -0.25) is 9.35 Å². The molecular weight excluding hydrogens is 478 g/mol. The molecule has 35 heavy (non-hydrogen) atoms. The Morgan fingerprint density at radius 1 is 1.11 bits per heavy atom. The lowest BCUT2D eigenvalue weighted by atomic mass is 9.87. The number of carboxylic acid groups (broad SMARTS) is 1. The zero-order chi connectivity index (χ0) is 27.3. The minimum atomic E-state index is -4.02. The Bertz CT molecular complexity index is 956. The van der Waals surface area contributed by atoms with E-state index >= 15 is 0 Å². The van der Waals surface area contributed by atoms with Crippen LogP contribution in [0.25, 0.3) is 0 Å². The third-order valence-corrected chi connectivity index (χ3v) is 5.34. The number of hydrogen-bond donors (Lipinski definition) is 5. The number of amides is 1. The van der Waals surface area contributed by atoms with Gasteiger partial charge in [0.2, 0.25) is 0 Å². The number of benzene rings is 1. The number of aliphatic carboxylic acids is 1. The number of Topliss-reactive ketones (excluding diaryl/α,β-unsaturated/α-hetero) is 1. The van der Waals surface area contributed by atoms with E-state index in [2.05, 4.69) is 10.6 Å². The van der Waals surface area contributed by atoms with Gasteiger partial charge in [-0.2, -0.15) is 8.42 Å². The normalized spacial score (nSPS) is 13.0. The molecule has 1 aromatic rings. The van der Waals surface area contributed by atoms with E-state index in [9.17, 15) is 27.9 Å². The van der Waals surface area contributed by atoms with Crippen molar-refractivity contribution in [3.8, 4) is 0 Å². The molecule has 198 valence electrons. The Labute approximate surface area is 206 Å². The van der Waals surface area contributed by atoms with Crippen LogP contribution in [0.5, 0.6) is 0 Å². The maximum Gasteiger partial charge on any atom is 0.408 e. The number of aryl methyl sites for hydroxylation is 1. The van der Waals surface area contributed by atoms with Gasteiger partial charge in [0.05, 0.1) is 4.90 Å². The van der Waals surface area contributed by atoms with Crippen LogP contribution in [0.4, 0.5) is 4.79 Å². The Hall–Kier alpha value is -2.83. The summed E-state index contributed by atoms with van der Waals surface area (Å²) in [4.78, 5) is 35.2. The van der Waals surface area contributed by atoms with Crippen LogP contribution >= 0.6 is 0 Å². The summed E-state index contributed by atoms with van der Waals surface area (Å²) in [5.41, 5.74) is -1.48. The lowest BCUT2D eigenvalue weighted by Gasteiger charge is -2.31. The maximum atomic E-state index is 12.0. The van der Waals surface area contributed by atoms with Crippen molar-refractivity contribution in [2.24, 2.45) is 0 Å². The van der Waals surface area contributed by atoms with E-state index in [0.29, 0.717) is 25.9 Å². The first-order chi connectivity index (χ1) is 16.0. The fraction of sp³-hybridized carbons (Fsp3) is 0.565. The first-order valence-corrected chi connectivity index (χ1v) is 12.4. The summed E-state index contributed by atoms with van der Waals surface area (Å²) < 4.78 is 34.7. The van der Waals surface area contributed by atoms with Crippen molar-refractivity contribution in [1.29, 1.82) is 5.41 Å². The number of ether oxygens (including phenoxy) is 1. The van der Waals surface area contributed by atoms with Gasteiger partial charge in [0.1, 0.15) is 16.9 Å². The van der Waals surface area contributed by atoms with Crippen LogP contribution in [0.3, 0.4) is 0 Å². The molecule has 5 N–H and O–H groups in total. The molecule has 0 aromatic heterocycles. The molecule has 0 fully saturated rings. The highest BCUT2D eigenvalue weighted by Crippen LogP contribution is 2.21. The highest BCUT2D eigenvalue weighted by molar-refractivity contribution is 7.85. The summed E-state index contributed by atoms with van der Waals surface area (Å²) in [6.45, 7) is 9.23. The average molecular weight is 516 g/mol. The van der Waals surface area contributed by atoms with E-state index in [-0.39, 0.29) is 23.5 Å². The van der Waals surface area contributed by atoms with Crippen molar-refractivity contribution in [3.63, 3.8) is 0 Å². The van der Waals surface area contributed by atoms with Crippen LogP contribution in [0.2, 0.25) is 0 Å². The minimum absolute atomic E-state index is 0.0666. The van der Waals surface area contributed by atoms with Gasteiger partial charge in [-0.25, -0.2) is 9.59 Å². The number of unbranched alkanes of at least 4 members (excludes halogenated alkanes) is 1. The molecule has 0 radical (unpaired) electrons. The van der Waals surface area contributed by atoms with Gasteiger partial charge in [-0.05, 0) is 72.6 Å². The number of rotatable bonds is 12. The van der Waals surface area contributed by atoms with Crippen molar-refractivity contribution in [2.75, 3.05) is 13.1 Å². The predicted octanol–water partition coefficient (Wildman–Crippen LogP) is 2.96. The molecule has 0 heterocycles. The molecule has 0 bridgehead atoms. The van der Waals surface area contributed by atoms with E-state index in [1.807, 2.05) is 6.92 Å². The molecule has 1 atom stereocenters. The van der Waals surface area contributed by atoms with Crippen LogP contribution < -0.4 is 10.6 Å². The van der Waals surface area contributed by atoms with Gasteiger partial charge >= 0.3 is 12.1 Å². The number of carbonyl (C=O) groups is 3. The van der Waals surface area contributed by atoms with E-state index in [4.69, 9.17) is 14.7 Å². The molecule has 1 aromatic carbocycles. The third-order valence-electron chi connectivity index (χ3n) is 4.47. The van der Waals surface area contributed by atoms with E-state index < -0.39 is 33.3 Å². The molecule has 1 amide bonds. The van der Waals surface area contributed by atoms with Gasteiger partial charge in [-0.1, -0.05) is 17.7 Å². The monoisotopic (exact) mass is 515 g/mol. The SMILES string of the molecule is CC(=O)CC(CCCCNCC=N)(NC(=O)OC(C)(C)C)C(=O)O.Cc1ccc(S(=O)(=O)O)cc1. The molecule has 0 aliphatic carbocycles. The Kier molecular flexibility index (Phi) is 13.4. The molecule has 0 aliphatic heterocycles. The van der Waals surface area contributed by atoms with Gasteiger partial charge in [0.15, 0.2) is 0 Å². The van der Waals surface area contributed by atoms with Crippen molar-refractivity contribution in [2.45, 2.75) is 76.3 Å². The van der Waals surface area contributed by atoms with Crippen LogP contribution in [0.15, 0.2) is 29.2 Å². The molecule has 0 saturated carbocycles. The summed E-state index contributed by atoms with van der Waals surface area (Å²) in [7, 11) is -4.02. The number of carbonyl (C=O) groups excluding carboxylic acids is 2. The molecule has 1 rings (SSSR count). The van der Waals surface area contributed by atoms with Gasteiger partial charge in [-0.15, -0.1) is 0 Å². The second-order valence-electron chi connectivity index (χ2n) is 9.05. The second-order valence-corrected chi connectivity index (χ2v) is 10.5. The summed E-state index contributed by atoms with van der Waals surface area (Å²) in [5.74, 6) is -1.58. The van der Waals surface area contributed by atoms with Crippen molar-refractivity contribution in [1.82, 2.24) is 10.6 Å². The molecule has 12 heteroatoms. The maximum absolute atomic E-state index is 12.0. The first-order valence-electron chi connectivity index (χ1n) is 11.0. The largest absolute Gasteiger partial charge is 0.479 e. The van der Waals surface area contributed by atoms with Gasteiger partial charge < -0.3 is 25.9 Å². The fourth-order valence-electron chi connectivity index (χ4n) is 2.92. The molecular formula is C23H37N3O8S.